The van der Waals surface area contributed by atoms with Crippen molar-refractivity contribution in [2.45, 2.75) is 31.9 Å². The summed E-state index contributed by atoms with van der Waals surface area (Å²) in [6.07, 6.45) is 3.46. The predicted octanol–water partition coefficient (Wildman–Crippen LogP) is 3.72. The molecule has 0 unspecified atom stereocenters. The van der Waals surface area contributed by atoms with Crippen molar-refractivity contribution in [2.24, 2.45) is 0 Å². The normalized spacial score (nSPS) is 12.4. The zero-order valence-electron chi connectivity index (χ0n) is 18.9. The first kappa shape index (κ1) is 23.8. The number of alkyl carbamates (subject to hydrolysis) is 1. The molecule has 0 aliphatic heterocycles. The Morgan fingerprint density at radius 3 is 2.30 bits per heavy atom. The molecular formula is C26H29N3O4. The van der Waals surface area contributed by atoms with Crippen molar-refractivity contribution in [1.29, 1.82) is 0 Å². The third kappa shape index (κ3) is 7.07. The van der Waals surface area contributed by atoms with E-state index in [1.807, 2.05) is 30.3 Å². The molecule has 7 nitrogen and oxygen atoms in total. The van der Waals surface area contributed by atoms with Crippen LogP contribution in [-0.2, 0) is 28.9 Å². The van der Waals surface area contributed by atoms with Crippen molar-refractivity contribution in [3.63, 3.8) is 0 Å². The summed E-state index contributed by atoms with van der Waals surface area (Å²) in [4.78, 5) is 31.6. The van der Waals surface area contributed by atoms with E-state index in [0.29, 0.717) is 13.0 Å². The van der Waals surface area contributed by atoms with Crippen LogP contribution >= 0.6 is 0 Å². The van der Waals surface area contributed by atoms with Gasteiger partial charge in [-0.15, -0.1) is 0 Å². The van der Waals surface area contributed by atoms with Gasteiger partial charge in [-0.25, -0.2) is 4.79 Å². The molecule has 0 radical (unpaired) electrons. The fourth-order valence-electron chi connectivity index (χ4n) is 3.52. The molecule has 33 heavy (non-hydrogen) atoms. The predicted molar refractivity (Wildman–Crippen MR) is 126 cm³/mol. The number of ether oxygens (including phenoxy) is 1. The molecule has 7 heteroatoms. The summed E-state index contributed by atoms with van der Waals surface area (Å²) in [5, 5.41) is 12.3. The quantitative estimate of drug-likeness (QED) is 0.522. The third-order valence-corrected chi connectivity index (χ3v) is 5.36. The number of hydrogen-bond donors (Lipinski definition) is 2. The molecule has 0 bridgehead atoms. The number of nitrogens with one attached hydrogen (secondary N) is 1. The van der Waals surface area contributed by atoms with Crippen molar-refractivity contribution in [2.75, 3.05) is 13.6 Å². The van der Waals surface area contributed by atoms with Gasteiger partial charge in [-0.2, -0.15) is 0 Å². The average Bonchev–Trinajstić information content (AvgIpc) is 2.83. The Morgan fingerprint density at radius 1 is 0.970 bits per heavy atom. The number of pyridine rings is 1. The maximum atomic E-state index is 13.4. The second-order valence-corrected chi connectivity index (χ2v) is 8.13. The molecule has 0 fully saturated rings. The number of benzene rings is 2. The zero-order chi connectivity index (χ0) is 23.7. The van der Waals surface area contributed by atoms with Gasteiger partial charge in [-0.05, 0) is 54.3 Å². The molecule has 0 saturated carbocycles. The van der Waals surface area contributed by atoms with Gasteiger partial charge in [0, 0.05) is 39.0 Å². The highest BCUT2D eigenvalue weighted by Crippen LogP contribution is 2.23. The van der Waals surface area contributed by atoms with Gasteiger partial charge < -0.3 is 20.1 Å². The topological polar surface area (TPSA) is 91.8 Å². The first-order valence-corrected chi connectivity index (χ1v) is 10.8. The van der Waals surface area contributed by atoms with E-state index in [1.54, 1.807) is 67.7 Å². The van der Waals surface area contributed by atoms with Crippen LogP contribution in [0.3, 0.4) is 0 Å². The molecule has 0 saturated heterocycles. The number of carbonyl (C=O) groups is 2. The Bertz CT molecular complexity index is 1040. The maximum Gasteiger partial charge on any atom is 0.408 e. The van der Waals surface area contributed by atoms with E-state index >= 15 is 0 Å². The van der Waals surface area contributed by atoms with Crippen LogP contribution in [0.2, 0.25) is 0 Å². The molecule has 1 heterocycles. The van der Waals surface area contributed by atoms with Crippen LogP contribution in [0.4, 0.5) is 4.79 Å². The van der Waals surface area contributed by atoms with E-state index in [4.69, 9.17) is 4.74 Å². The fraction of sp³-hybridized carbons (Fsp3) is 0.269. The summed E-state index contributed by atoms with van der Waals surface area (Å²) in [5.41, 5.74) is 1.33. The van der Waals surface area contributed by atoms with Gasteiger partial charge >= 0.3 is 6.09 Å². The summed E-state index contributed by atoms with van der Waals surface area (Å²) in [7, 11) is 1.71. The Labute approximate surface area is 194 Å². The van der Waals surface area contributed by atoms with Gasteiger partial charge in [-0.3, -0.25) is 9.78 Å². The highest BCUT2D eigenvalue weighted by atomic mass is 16.6. The number of amides is 2. The van der Waals surface area contributed by atoms with Crippen molar-refractivity contribution < 1.29 is 19.4 Å². The molecule has 3 aromatic rings. The van der Waals surface area contributed by atoms with Gasteiger partial charge in [0.1, 0.15) is 5.75 Å². The van der Waals surface area contributed by atoms with E-state index < -0.39 is 11.7 Å². The molecule has 2 amide bonds. The number of carbonyl (C=O) groups excluding carboxylic acids is 2. The monoisotopic (exact) mass is 447 g/mol. The molecule has 3 rings (SSSR count). The molecule has 1 atom stereocenters. The van der Waals surface area contributed by atoms with Crippen LogP contribution in [0.25, 0.3) is 0 Å². The molecule has 172 valence electrons. The lowest BCUT2D eigenvalue weighted by atomic mass is 9.94. The van der Waals surface area contributed by atoms with Crippen LogP contribution in [0.1, 0.15) is 23.6 Å². The fourth-order valence-corrected chi connectivity index (χ4v) is 3.52. The number of phenols is 1. The SMILES string of the molecule is CN(CCc1ccccc1)C(=O)[C@](C)(Cc1ccc(O)cc1)OC(=O)NCc1ccncc1. The molecular weight excluding hydrogens is 418 g/mol. The maximum absolute atomic E-state index is 13.4. The smallest absolute Gasteiger partial charge is 0.408 e. The van der Waals surface area contributed by atoms with Crippen molar-refractivity contribution in [3.05, 3.63) is 95.8 Å². The second kappa shape index (κ2) is 11.1. The summed E-state index contributed by atoms with van der Waals surface area (Å²) in [5.74, 6) is -0.173. The van der Waals surface area contributed by atoms with Crippen LogP contribution in [0.15, 0.2) is 79.1 Å². The Balaban J connectivity index is 1.71. The molecule has 0 spiro atoms. The lowest BCUT2D eigenvalue weighted by Gasteiger charge is -2.32. The highest BCUT2D eigenvalue weighted by Gasteiger charge is 2.39. The van der Waals surface area contributed by atoms with Crippen LogP contribution in [0.5, 0.6) is 5.75 Å². The number of aromatic hydroxyl groups is 1. The number of likely N-dealkylation sites (N-methyl/N-ethyl adjacent to an activating group) is 1. The largest absolute Gasteiger partial charge is 0.508 e. The summed E-state index contributed by atoms with van der Waals surface area (Å²) < 4.78 is 5.71. The lowest BCUT2D eigenvalue weighted by molar-refractivity contribution is -0.148. The van der Waals surface area contributed by atoms with Gasteiger partial charge in [0.15, 0.2) is 5.60 Å². The standard InChI is InChI=1S/C26H29N3O4/c1-26(18-21-8-10-23(30)11-9-21,33-25(32)28-19-22-12-15-27-16-13-22)24(31)29(2)17-14-20-6-4-3-5-7-20/h3-13,15-16,30H,14,17-19H2,1-2H3,(H,28,32)/t26-/m0/s1. The number of hydrogen-bond acceptors (Lipinski definition) is 5. The first-order chi connectivity index (χ1) is 15.9. The molecule has 0 aliphatic rings. The average molecular weight is 448 g/mol. The first-order valence-electron chi connectivity index (χ1n) is 10.8. The summed E-state index contributed by atoms with van der Waals surface area (Å²) >= 11 is 0. The van der Waals surface area contributed by atoms with Crippen LogP contribution in [-0.4, -0.2) is 46.2 Å². The van der Waals surface area contributed by atoms with E-state index in [9.17, 15) is 14.7 Å². The van der Waals surface area contributed by atoms with Gasteiger partial charge in [-0.1, -0.05) is 42.5 Å². The van der Waals surface area contributed by atoms with Crippen molar-refractivity contribution in [1.82, 2.24) is 15.2 Å². The minimum Gasteiger partial charge on any atom is -0.508 e. The van der Waals surface area contributed by atoms with Crippen molar-refractivity contribution >= 4 is 12.0 Å². The van der Waals surface area contributed by atoms with Gasteiger partial charge in [0.25, 0.3) is 5.91 Å². The molecule has 2 N–H and O–H groups in total. The van der Waals surface area contributed by atoms with Gasteiger partial charge in [0.2, 0.25) is 0 Å². The summed E-state index contributed by atoms with van der Waals surface area (Å²) in [6, 6.07) is 20.0. The Kier molecular flexibility index (Phi) is 8.02. The minimum absolute atomic E-state index is 0.128. The second-order valence-electron chi connectivity index (χ2n) is 8.13. The van der Waals surface area contributed by atoms with E-state index in [-0.39, 0.29) is 24.6 Å². The van der Waals surface area contributed by atoms with Crippen molar-refractivity contribution in [3.8, 4) is 5.75 Å². The zero-order valence-corrected chi connectivity index (χ0v) is 18.9. The van der Waals surface area contributed by atoms with E-state index in [2.05, 4.69) is 10.3 Å². The molecule has 1 aromatic heterocycles. The van der Waals surface area contributed by atoms with E-state index in [0.717, 1.165) is 16.7 Å². The highest BCUT2D eigenvalue weighted by molar-refractivity contribution is 5.87. The number of aromatic nitrogens is 1. The van der Waals surface area contributed by atoms with Crippen LogP contribution < -0.4 is 5.32 Å². The lowest BCUT2D eigenvalue weighted by Crippen LogP contribution is -2.51. The minimum atomic E-state index is -1.43. The Hall–Kier alpha value is -3.87. The third-order valence-electron chi connectivity index (χ3n) is 5.36. The summed E-state index contributed by atoms with van der Waals surface area (Å²) in [6.45, 7) is 2.36. The molecule has 2 aromatic carbocycles. The number of rotatable bonds is 9. The number of phenolic OH excluding ortho intramolecular Hbond substituents is 1. The number of nitrogens with zero attached hydrogens (tertiary/aromatic N) is 2. The van der Waals surface area contributed by atoms with Gasteiger partial charge in [0.05, 0.1) is 0 Å². The molecule has 0 aliphatic carbocycles. The van der Waals surface area contributed by atoms with Crippen LogP contribution in [0, 0.1) is 0 Å². The Morgan fingerprint density at radius 2 is 1.64 bits per heavy atom. The van der Waals surface area contributed by atoms with E-state index in [1.165, 1.54) is 0 Å².